The topological polar surface area (TPSA) is 72.9 Å². The van der Waals surface area contributed by atoms with E-state index in [1.807, 2.05) is 29.1 Å². The molecule has 1 fully saturated rings. The van der Waals surface area contributed by atoms with Gasteiger partial charge in [0.15, 0.2) is 0 Å². The summed E-state index contributed by atoms with van der Waals surface area (Å²) in [6, 6.07) is 10.1. The Hall–Kier alpha value is -2.14. The van der Waals surface area contributed by atoms with Crippen LogP contribution in [0.15, 0.2) is 42.7 Å². The lowest BCUT2D eigenvalue weighted by atomic mass is 9.95. The van der Waals surface area contributed by atoms with E-state index in [0.717, 1.165) is 24.8 Å². The Balaban J connectivity index is 1.63. The Morgan fingerprint density at radius 2 is 2.09 bits per heavy atom. The van der Waals surface area contributed by atoms with Gasteiger partial charge in [0.2, 0.25) is 5.91 Å². The fourth-order valence-electron chi connectivity index (χ4n) is 3.43. The minimum atomic E-state index is 0.0817. The number of amides is 1. The van der Waals surface area contributed by atoms with Gasteiger partial charge in [-0.15, -0.1) is 0 Å². The molecule has 5 nitrogen and oxygen atoms in total. The molecule has 1 aliphatic rings. The van der Waals surface area contributed by atoms with Gasteiger partial charge in [0.25, 0.3) is 0 Å². The van der Waals surface area contributed by atoms with Gasteiger partial charge in [0, 0.05) is 24.9 Å². The number of rotatable bonds is 6. The van der Waals surface area contributed by atoms with Crippen LogP contribution in [-0.2, 0) is 17.9 Å². The van der Waals surface area contributed by atoms with Crippen LogP contribution < -0.4 is 11.1 Å². The highest BCUT2D eigenvalue weighted by molar-refractivity contribution is 5.79. The maximum Gasteiger partial charge on any atom is 0.223 e. The van der Waals surface area contributed by atoms with Gasteiger partial charge in [0.1, 0.15) is 0 Å². The van der Waals surface area contributed by atoms with Crippen LogP contribution in [-0.4, -0.2) is 22.2 Å². The van der Waals surface area contributed by atoms with Crippen LogP contribution in [0, 0.1) is 11.8 Å². The molecule has 0 aliphatic heterocycles. The molecule has 0 saturated heterocycles. The molecule has 3 N–H and O–H groups in total. The molecule has 1 aromatic carbocycles. The summed E-state index contributed by atoms with van der Waals surface area (Å²) >= 11 is 0. The summed E-state index contributed by atoms with van der Waals surface area (Å²) in [5.41, 5.74) is 8.10. The second-order valence-electron chi connectivity index (χ2n) is 6.22. The number of aromatic nitrogens is 2. The quantitative estimate of drug-likeness (QED) is 0.856. The van der Waals surface area contributed by atoms with Crippen molar-refractivity contribution in [1.82, 2.24) is 15.1 Å². The molecule has 0 bridgehead atoms. The lowest BCUT2D eigenvalue weighted by molar-refractivity contribution is -0.126. The summed E-state index contributed by atoms with van der Waals surface area (Å²) < 4.78 is 1.89. The first kappa shape index (κ1) is 15.7. The molecule has 1 aromatic heterocycles. The third kappa shape index (κ3) is 3.79. The van der Waals surface area contributed by atoms with Crippen molar-refractivity contribution in [3.63, 3.8) is 0 Å². The molecule has 0 spiro atoms. The molecule has 1 heterocycles. The van der Waals surface area contributed by atoms with E-state index in [2.05, 4.69) is 22.5 Å². The molecule has 5 heteroatoms. The minimum Gasteiger partial charge on any atom is -0.352 e. The van der Waals surface area contributed by atoms with Crippen molar-refractivity contribution in [3.05, 3.63) is 53.9 Å². The van der Waals surface area contributed by atoms with Crippen molar-refractivity contribution in [2.75, 3.05) is 6.54 Å². The van der Waals surface area contributed by atoms with E-state index in [9.17, 15) is 4.79 Å². The van der Waals surface area contributed by atoms with Crippen LogP contribution >= 0.6 is 0 Å². The summed E-state index contributed by atoms with van der Waals surface area (Å²) in [7, 11) is 0. The number of carbonyl (C=O) groups excluding carboxylic acids is 1. The second kappa shape index (κ2) is 7.42. The normalized spacial score (nSPS) is 20.6. The molecule has 1 aliphatic carbocycles. The summed E-state index contributed by atoms with van der Waals surface area (Å²) in [6.45, 7) is 1.88. The highest BCUT2D eigenvalue weighted by Crippen LogP contribution is 2.31. The summed E-state index contributed by atoms with van der Waals surface area (Å²) in [5.74, 6) is 0.569. The average Bonchev–Trinajstić information content (AvgIpc) is 3.25. The van der Waals surface area contributed by atoms with Crippen LogP contribution in [0.25, 0.3) is 0 Å². The van der Waals surface area contributed by atoms with Crippen LogP contribution in [0.2, 0.25) is 0 Å². The van der Waals surface area contributed by atoms with Crippen molar-refractivity contribution in [3.8, 4) is 0 Å². The predicted molar refractivity (Wildman–Crippen MR) is 89.5 cm³/mol. The molecule has 2 aromatic rings. The molecule has 23 heavy (non-hydrogen) atoms. The number of hydrogen-bond donors (Lipinski definition) is 2. The fraction of sp³-hybridized carbons (Fsp3) is 0.444. The first-order valence-electron chi connectivity index (χ1n) is 8.30. The second-order valence-corrected chi connectivity index (χ2v) is 6.22. The zero-order valence-corrected chi connectivity index (χ0v) is 13.3. The molecule has 2 atom stereocenters. The highest BCUT2D eigenvalue weighted by Gasteiger charge is 2.31. The molecule has 3 rings (SSSR count). The lowest BCUT2D eigenvalue weighted by Gasteiger charge is -2.18. The SMILES string of the molecule is NC[C@H]1CCC[C@H]1C(=O)NCc1ccccc1Cn1cccn1. The van der Waals surface area contributed by atoms with E-state index in [1.54, 1.807) is 6.20 Å². The molecule has 0 unspecified atom stereocenters. The van der Waals surface area contributed by atoms with Crippen molar-refractivity contribution in [1.29, 1.82) is 0 Å². The van der Waals surface area contributed by atoms with Gasteiger partial charge in [-0.1, -0.05) is 30.7 Å². The maximum atomic E-state index is 12.4. The summed E-state index contributed by atoms with van der Waals surface area (Å²) in [5, 5.41) is 7.35. The van der Waals surface area contributed by atoms with Gasteiger partial charge in [-0.2, -0.15) is 5.10 Å². The third-order valence-electron chi connectivity index (χ3n) is 4.76. The molecule has 1 saturated carbocycles. The van der Waals surface area contributed by atoms with Crippen LogP contribution in [0.3, 0.4) is 0 Å². The first-order valence-corrected chi connectivity index (χ1v) is 8.30. The molecule has 122 valence electrons. The lowest BCUT2D eigenvalue weighted by Crippen LogP contribution is -2.34. The van der Waals surface area contributed by atoms with E-state index < -0.39 is 0 Å². The smallest absolute Gasteiger partial charge is 0.223 e. The molecule has 1 amide bonds. The van der Waals surface area contributed by atoms with Gasteiger partial charge in [-0.3, -0.25) is 9.48 Å². The van der Waals surface area contributed by atoms with Crippen molar-refractivity contribution in [2.24, 2.45) is 17.6 Å². The Labute approximate surface area is 136 Å². The number of nitrogens with two attached hydrogens (primary N) is 1. The Morgan fingerprint density at radius 1 is 1.26 bits per heavy atom. The van der Waals surface area contributed by atoms with Crippen LogP contribution in [0.5, 0.6) is 0 Å². The first-order chi connectivity index (χ1) is 11.3. The number of carbonyl (C=O) groups is 1. The van der Waals surface area contributed by atoms with Gasteiger partial charge in [-0.05, 0) is 42.5 Å². The number of nitrogens with zero attached hydrogens (tertiary/aromatic N) is 2. The zero-order chi connectivity index (χ0) is 16.1. The number of nitrogens with one attached hydrogen (secondary N) is 1. The van der Waals surface area contributed by atoms with E-state index in [0.29, 0.717) is 25.6 Å². The fourth-order valence-corrected chi connectivity index (χ4v) is 3.43. The number of hydrogen-bond acceptors (Lipinski definition) is 3. The van der Waals surface area contributed by atoms with E-state index >= 15 is 0 Å². The Morgan fingerprint density at radius 3 is 2.83 bits per heavy atom. The number of benzene rings is 1. The molecule has 0 radical (unpaired) electrons. The third-order valence-corrected chi connectivity index (χ3v) is 4.76. The minimum absolute atomic E-state index is 0.0817. The van der Waals surface area contributed by atoms with E-state index in [1.165, 1.54) is 5.56 Å². The highest BCUT2D eigenvalue weighted by atomic mass is 16.1. The van der Waals surface area contributed by atoms with E-state index in [4.69, 9.17) is 5.73 Å². The average molecular weight is 312 g/mol. The zero-order valence-electron chi connectivity index (χ0n) is 13.3. The molecular formula is C18H24N4O. The van der Waals surface area contributed by atoms with Gasteiger partial charge < -0.3 is 11.1 Å². The molecular weight excluding hydrogens is 288 g/mol. The van der Waals surface area contributed by atoms with Gasteiger partial charge >= 0.3 is 0 Å². The summed E-state index contributed by atoms with van der Waals surface area (Å²) in [4.78, 5) is 12.4. The summed E-state index contributed by atoms with van der Waals surface area (Å²) in [6.07, 6.45) is 6.86. The Kier molecular flexibility index (Phi) is 5.08. The van der Waals surface area contributed by atoms with E-state index in [-0.39, 0.29) is 11.8 Å². The predicted octanol–water partition coefficient (Wildman–Crippen LogP) is 1.92. The monoisotopic (exact) mass is 312 g/mol. The standard InChI is InChI=1S/C18H24N4O/c19-11-14-7-3-8-17(14)18(23)20-12-15-5-1-2-6-16(15)13-22-10-4-9-21-22/h1-2,4-6,9-10,14,17H,3,7-8,11-13,19H2,(H,20,23)/t14-,17-/m1/s1. The van der Waals surface area contributed by atoms with Crippen LogP contribution in [0.4, 0.5) is 0 Å². The Bertz CT molecular complexity index is 638. The van der Waals surface area contributed by atoms with Crippen molar-refractivity contribution < 1.29 is 4.79 Å². The van der Waals surface area contributed by atoms with Gasteiger partial charge in [0.05, 0.1) is 6.54 Å². The van der Waals surface area contributed by atoms with Crippen LogP contribution in [0.1, 0.15) is 30.4 Å². The van der Waals surface area contributed by atoms with Crippen molar-refractivity contribution >= 4 is 5.91 Å². The van der Waals surface area contributed by atoms with Gasteiger partial charge in [-0.25, -0.2) is 0 Å². The maximum absolute atomic E-state index is 12.4. The van der Waals surface area contributed by atoms with Crippen molar-refractivity contribution in [2.45, 2.75) is 32.4 Å². The largest absolute Gasteiger partial charge is 0.352 e.